The maximum absolute atomic E-state index is 12.5. The van der Waals surface area contributed by atoms with Gasteiger partial charge in [0.05, 0.1) is 22.8 Å². The van der Waals surface area contributed by atoms with Gasteiger partial charge in [0.15, 0.2) is 0 Å². The number of aromatic nitrogens is 3. The van der Waals surface area contributed by atoms with E-state index in [1.807, 2.05) is 21.6 Å². The lowest BCUT2D eigenvalue weighted by atomic mass is 10.2. The highest BCUT2D eigenvalue weighted by atomic mass is 35.5. The standard InChI is InChI=1S/C19H18ClN7O/c20-15-3-4-17-24-16(13-27(17)12-15)11-23-19(28)26-8-6-25(7-9-26)18-14(10-21)2-1-5-22-18/h1-5,12-13H,6-9,11H2,(H,23,28). The first-order valence-corrected chi connectivity index (χ1v) is 9.28. The summed E-state index contributed by atoms with van der Waals surface area (Å²) in [4.78, 5) is 25.1. The number of halogens is 1. The zero-order valence-electron chi connectivity index (χ0n) is 15.0. The van der Waals surface area contributed by atoms with Crippen molar-refractivity contribution in [3.05, 3.63) is 59.1 Å². The number of nitrogens with zero attached hydrogens (tertiary/aromatic N) is 6. The zero-order valence-corrected chi connectivity index (χ0v) is 15.8. The monoisotopic (exact) mass is 395 g/mol. The van der Waals surface area contributed by atoms with Gasteiger partial charge in [-0.1, -0.05) is 11.6 Å². The van der Waals surface area contributed by atoms with Crippen molar-refractivity contribution in [3.8, 4) is 6.07 Å². The summed E-state index contributed by atoms with van der Waals surface area (Å²) in [6.07, 6.45) is 5.31. The first kappa shape index (κ1) is 18.1. The number of rotatable bonds is 3. The first-order valence-electron chi connectivity index (χ1n) is 8.90. The Morgan fingerprint density at radius 3 is 2.82 bits per heavy atom. The number of amides is 2. The van der Waals surface area contributed by atoms with Gasteiger partial charge in [-0.25, -0.2) is 14.8 Å². The van der Waals surface area contributed by atoms with E-state index < -0.39 is 0 Å². The molecule has 1 N–H and O–H groups in total. The minimum absolute atomic E-state index is 0.128. The van der Waals surface area contributed by atoms with Gasteiger partial charge in [-0.05, 0) is 24.3 Å². The summed E-state index contributed by atoms with van der Waals surface area (Å²) in [6.45, 7) is 2.73. The molecule has 0 unspecified atom stereocenters. The van der Waals surface area contributed by atoms with Crippen LogP contribution in [0.4, 0.5) is 10.6 Å². The van der Waals surface area contributed by atoms with Crippen molar-refractivity contribution in [2.75, 3.05) is 31.1 Å². The summed E-state index contributed by atoms with van der Waals surface area (Å²) >= 11 is 5.98. The summed E-state index contributed by atoms with van der Waals surface area (Å²) in [5, 5.41) is 12.8. The summed E-state index contributed by atoms with van der Waals surface area (Å²) < 4.78 is 1.84. The van der Waals surface area contributed by atoms with Crippen LogP contribution in [-0.2, 0) is 6.54 Å². The van der Waals surface area contributed by atoms with Gasteiger partial charge in [0.2, 0.25) is 0 Å². The Morgan fingerprint density at radius 1 is 1.21 bits per heavy atom. The predicted molar refractivity (Wildman–Crippen MR) is 105 cm³/mol. The number of pyridine rings is 2. The van der Waals surface area contributed by atoms with E-state index in [0.717, 1.165) is 11.3 Å². The Kier molecular flexibility index (Phi) is 5.00. The number of fused-ring (bicyclic) bond motifs is 1. The lowest BCUT2D eigenvalue weighted by Gasteiger charge is -2.35. The second kappa shape index (κ2) is 7.74. The van der Waals surface area contributed by atoms with Gasteiger partial charge in [-0.3, -0.25) is 0 Å². The molecule has 1 aliphatic rings. The van der Waals surface area contributed by atoms with Gasteiger partial charge in [-0.15, -0.1) is 0 Å². The van der Waals surface area contributed by atoms with E-state index in [0.29, 0.717) is 49.1 Å². The molecule has 0 atom stereocenters. The summed E-state index contributed by atoms with van der Waals surface area (Å²) in [5.74, 6) is 0.674. The molecule has 1 fully saturated rings. The molecule has 0 saturated carbocycles. The molecule has 4 rings (SSSR count). The van der Waals surface area contributed by atoms with Crippen LogP contribution < -0.4 is 10.2 Å². The van der Waals surface area contributed by atoms with Crippen LogP contribution in [0.25, 0.3) is 5.65 Å². The number of nitriles is 1. The highest BCUT2D eigenvalue weighted by molar-refractivity contribution is 6.30. The minimum atomic E-state index is -0.128. The van der Waals surface area contributed by atoms with E-state index in [1.165, 1.54) is 0 Å². The molecule has 142 valence electrons. The third-order valence-corrected chi connectivity index (χ3v) is 4.88. The van der Waals surface area contributed by atoms with Gasteiger partial charge in [-0.2, -0.15) is 5.26 Å². The smallest absolute Gasteiger partial charge is 0.317 e. The number of hydrogen-bond donors (Lipinski definition) is 1. The second-order valence-corrected chi connectivity index (χ2v) is 6.90. The number of piperazine rings is 1. The van der Waals surface area contributed by atoms with Crippen LogP contribution in [0.15, 0.2) is 42.9 Å². The molecule has 0 spiro atoms. The summed E-state index contributed by atoms with van der Waals surface area (Å²) in [5.41, 5.74) is 2.10. The Labute approximate surface area is 167 Å². The second-order valence-electron chi connectivity index (χ2n) is 6.46. The largest absolute Gasteiger partial charge is 0.352 e. The van der Waals surface area contributed by atoms with Crippen LogP contribution >= 0.6 is 11.6 Å². The maximum Gasteiger partial charge on any atom is 0.317 e. The van der Waals surface area contributed by atoms with Crippen molar-refractivity contribution in [2.45, 2.75) is 6.54 Å². The molecule has 1 saturated heterocycles. The number of urea groups is 1. The maximum atomic E-state index is 12.5. The summed E-state index contributed by atoms with van der Waals surface area (Å²) in [6, 6.07) is 9.16. The molecule has 0 aromatic carbocycles. The lowest BCUT2D eigenvalue weighted by molar-refractivity contribution is 0.193. The number of imidazole rings is 1. The molecule has 1 aliphatic heterocycles. The third kappa shape index (κ3) is 3.70. The first-order chi connectivity index (χ1) is 13.6. The van der Waals surface area contributed by atoms with Crippen molar-refractivity contribution in [1.82, 2.24) is 24.6 Å². The van der Waals surface area contributed by atoms with Crippen LogP contribution in [-0.4, -0.2) is 51.5 Å². The van der Waals surface area contributed by atoms with Crippen molar-refractivity contribution in [3.63, 3.8) is 0 Å². The van der Waals surface area contributed by atoms with Gasteiger partial charge >= 0.3 is 6.03 Å². The molecule has 28 heavy (non-hydrogen) atoms. The van der Waals surface area contributed by atoms with Crippen LogP contribution in [0, 0.1) is 11.3 Å². The number of hydrogen-bond acceptors (Lipinski definition) is 5. The topological polar surface area (TPSA) is 89.6 Å². The lowest BCUT2D eigenvalue weighted by Crippen LogP contribution is -2.52. The molecule has 3 aromatic heterocycles. The molecule has 0 bridgehead atoms. The fourth-order valence-electron chi connectivity index (χ4n) is 3.24. The Morgan fingerprint density at radius 2 is 2.04 bits per heavy atom. The van der Waals surface area contributed by atoms with Crippen molar-refractivity contribution >= 4 is 29.1 Å². The van der Waals surface area contributed by atoms with Gasteiger partial charge in [0.25, 0.3) is 0 Å². The minimum Gasteiger partial charge on any atom is -0.352 e. The van der Waals surface area contributed by atoms with Crippen molar-refractivity contribution in [2.24, 2.45) is 0 Å². The molecule has 8 nitrogen and oxygen atoms in total. The zero-order chi connectivity index (χ0) is 19.5. The third-order valence-electron chi connectivity index (χ3n) is 4.66. The number of carbonyl (C=O) groups is 1. The quantitative estimate of drug-likeness (QED) is 0.734. The number of anilines is 1. The van der Waals surface area contributed by atoms with Gasteiger partial charge in [0.1, 0.15) is 17.5 Å². The fourth-order valence-corrected chi connectivity index (χ4v) is 3.41. The molecule has 0 radical (unpaired) electrons. The molecule has 9 heteroatoms. The fraction of sp³-hybridized carbons (Fsp3) is 0.263. The SMILES string of the molecule is N#Cc1cccnc1N1CCN(C(=O)NCc2cn3cc(Cl)ccc3n2)CC1. The predicted octanol–water partition coefficient (Wildman–Crippen LogP) is 2.29. The molecule has 0 aliphatic carbocycles. The van der Waals surface area contributed by atoms with Crippen LogP contribution in [0.2, 0.25) is 5.02 Å². The van der Waals surface area contributed by atoms with Gasteiger partial charge < -0.3 is 19.5 Å². The molecule has 4 heterocycles. The van der Waals surface area contributed by atoms with Crippen LogP contribution in [0.5, 0.6) is 0 Å². The highest BCUT2D eigenvalue weighted by Crippen LogP contribution is 2.18. The Bertz CT molecular complexity index is 1050. The van der Waals surface area contributed by atoms with Crippen LogP contribution in [0.3, 0.4) is 0 Å². The van der Waals surface area contributed by atoms with Crippen LogP contribution in [0.1, 0.15) is 11.3 Å². The van der Waals surface area contributed by atoms with Crippen molar-refractivity contribution in [1.29, 1.82) is 5.26 Å². The molecular formula is C19H18ClN7O. The highest BCUT2D eigenvalue weighted by Gasteiger charge is 2.23. The normalized spacial score (nSPS) is 14.1. The van der Waals surface area contributed by atoms with E-state index in [2.05, 4.69) is 21.4 Å². The molecule has 2 amide bonds. The molecular weight excluding hydrogens is 378 g/mol. The number of nitrogens with one attached hydrogen (secondary N) is 1. The van der Waals surface area contributed by atoms with Crippen molar-refractivity contribution < 1.29 is 4.79 Å². The van der Waals surface area contributed by atoms with E-state index in [1.54, 1.807) is 35.5 Å². The average molecular weight is 396 g/mol. The Balaban J connectivity index is 1.33. The number of carbonyl (C=O) groups excluding carboxylic acids is 1. The Hall–Kier alpha value is -3.31. The van der Waals surface area contributed by atoms with E-state index >= 15 is 0 Å². The van der Waals surface area contributed by atoms with E-state index in [9.17, 15) is 10.1 Å². The van der Waals surface area contributed by atoms with E-state index in [-0.39, 0.29) is 6.03 Å². The van der Waals surface area contributed by atoms with Gasteiger partial charge in [0, 0.05) is 44.8 Å². The molecule has 3 aromatic rings. The van der Waals surface area contributed by atoms with E-state index in [4.69, 9.17) is 11.6 Å². The average Bonchev–Trinajstić information content (AvgIpc) is 3.14. The summed E-state index contributed by atoms with van der Waals surface area (Å²) in [7, 11) is 0.